The highest BCUT2D eigenvalue weighted by atomic mass is 35.5. The van der Waals surface area contributed by atoms with Crippen molar-refractivity contribution < 1.29 is 10.2 Å². The van der Waals surface area contributed by atoms with Crippen LogP contribution in [-0.4, -0.2) is 62.3 Å². The normalized spacial score (nSPS) is 13.1. The first-order chi connectivity index (χ1) is 17.4. The van der Waals surface area contributed by atoms with Crippen molar-refractivity contribution in [2.75, 3.05) is 31.9 Å². The van der Waals surface area contributed by atoms with Crippen molar-refractivity contribution in [2.45, 2.75) is 26.2 Å². The van der Waals surface area contributed by atoms with Gasteiger partial charge in [-0.05, 0) is 31.3 Å². The lowest BCUT2D eigenvalue weighted by atomic mass is 10.0. The molecule has 0 fully saturated rings. The molecule has 0 spiro atoms. The van der Waals surface area contributed by atoms with Crippen LogP contribution >= 0.6 is 11.6 Å². The van der Waals surface area contributed by atoms with E-state index in [0.717, 1.165) is 23.9 Å². The van der Waals surface area contributed by atoms with Crippen molar-refractivity contribution in [3.05, 3.63) is 70.6 Å². The molecular weight excluding hydrogens is 476 g/mol. The summed E-state index contributed by atoms with van der Waals surface area (Å²) in [5, 5.41) is 26.4. The molecule has 0 saturated carbocycles. The third-order valence-corrected chi connectivity index (χ3v) is 6.30. The van der Waals surface area contributed by atoms with Gasteiger partial charge in [0.2, 0.25) is 0 Å². The molecule has 2 unspecified atom stereocenters. The average molecular weight is 505 g/mol. The summed E-state index contributed by atoms with van der Waals surface area (Å²) in [6.07, 6.45) is 3.20. The Bertz CT molecular complexity index is 1430. The molecule has 2 atom stereocenters. The second-order valence-corrected chi connectivity index (χ2v) is 8.84. The Kier molecular flexibility index (Phi) is 8.31. The number of nitrogen functional groups attached to an aromatic ring is 1. The standard InChI is InChI=1S/C27H29ClN6O2/c1-3-34(4-2)16-20(35)15-33-27(36)22-10-7-17(24-25(22)31-12-11-30-24)6-9-21-23-13-19(28)8-5-18(23)14-32-26(21)29/h5,7-8,10-14,20,27,33,35-36H,3-4,15-16H2,1-2H3,(H2,29,32). The molecule has 4 rings (SSSR count). The highest BCUT2D eigenvalue weighted by molar-refractivity contribution is 6.31. The number of nitrogens with zero attached hydrogens (tertiary/aromatic N) is 4. The predicted octanol–water partition coefficient (Wildman–Crippen LogP) is 3.10. The van der Waals surface area contributed by atoms with E-state index in [9.17, 15) is 10.2 Å². The number of aromatic nitrogens is 3. The van der Waals surface area contributed by atoms with Gasteiger partial charge < -0.3 is 20.8 Å². The van der Waals surface area contributed by atoms with E-state index in [1.165, 1.54) is 0 Å². The van der Waals surface area contributed by atoms with Gasteiger partial charge >= 0.3 is 0 Å². The first kappa shape index (κ1) is 25.8. The van der Waals surface area contributed by atoms with E-state index in [-0.39, 0.29) is 6.54 Å². The summed E-state index contributed by atoms with van der Waals surface area (Å²) in [6.45, 7) is 6.57. The second kappa shape index (κ2) is 11.6. The topological polar surface area (TPSA) is 120 Å². The Morgan fingerprint density at radius 3 is 2.53 bits per heavy atom. The summed E-state index contributed by atoms with van der Waals surface area (Å²) in [5.74, 6) is 6.59. The van der Waals surface area contributed by atoms with Crippen LogP contribution in [0.15, 0.2) is 48.9 Å². The van der Waals surface area contributed by atoms with Gasteiger partial charge in [0.05, 0.1) is 22.7 Å². The van der Waals surface area contributed by atoms with E-state index < -0.39 is 12.3 Å². The minimum Gasteiger partial charge on any atom is -0.390 e. The van der Waals surface area contributed by atoms with E-state index >= 15 is 0 Å². The quantitative estimate of drug-likeness (QED) is 0.213. The number of likely N-dealkylation sites (N-methyl/N-ethyl adjacent to an activating group) is 1. The van der Waals surface area contributed by atoms with E-state index in [4.69, 9.17) is 17.3 Å². The fourth-order valence-electron chi connectivity index (χ4n) is 4.06. The van der Waals surface area contributed by atoms with E-state index in [1.54, 1.807) is 36.8 Å². The third kappa shape index (κ3) is 5.73. The number of aliphatic hydroxyl groups is 2. The minimum atomic E-state index is -1.03. The van der Waals surface area contributed by atoms with Crippen molar-refractivity contribution in [2.24, 2.45) is 0 Å². The fraction of sp³-hybridized carbons (Fsp3) is 0.296. The number of fused-ring (bicyclic) bond motifs is 2. The lowest BCUT2D eigenvalue weighted by molar-refractivity contribution is 0.0813. The molecule has 36 heavy (non-hydrogen) atoms. The Labute approximate surface area is 215 Å². The number of hydrogen-bond donors (Lipinski definition) is 4. The zero-order chi connectivity index (χ0) is 25.7. The van der Waals surface area contributed by atoms with Gasteiger partial charge in [0, 0.05) is 53.0 Å². The van der Waals surface area contributed by atoms with Crippen molar-refractivity contribution in [1.29, 1.82) is 0 Å². The Morgan fingerprint density at radius 1 is 1.03 bits per heavy atom. The molecule has 4 aromatic rings. The van der Waals surface area contributed by atoms with Gasteiger partial charge in [-0.25, -0.2) is 4.98 Å². The first-order valence-corrected chi connectivity index (χ1v) is 12.2. The minimum absolute atomic E-state index is 0.233. The maximum absolute atomic E-state index is 10.8. The zero-order valence-corrected chi connectivity index (χ0v) is 21.0. The van der Waals surface area contributed by atoms with Crippen LogP contribution < -0.4 is 11.1 Å². The molecule has 0 aliphatic rings. The van der Waals surface area contributed by atoms with Crippen molar-refractivity contribution in [1.82, 2.24) is 25.2 Å². The maximum atomic E-state index is 10.8. The van der Waals surface area contributed by atoms with Crippen LogP contribution in [0.25, 0.3) is 21.8 Å². The third-order valence-electron chi connectivity index (χ3n) is 6.07. The van der Waals surface area contributed by atoms with Crippen LogP contribution in [0.3, 0.4) is 0 Å². The molecule has 8 nitrogen and oxygen atoms in total. The molecule has 0 amide bonds. The van der Waals surface area contributed by atoms with Gasteiger partial charge in [-0.3, -0.25) is 15.3 Å². The number of halogens is 1. The largest absolute Gasteiger partial charge is 0.390 e. The van der Waals surface area contributed by atoms with Gasteiger partial charge in [0.25, 0.3) is 0 Å². The summed E-state index contributed by atoms with van der Waals surface area (Å²) in [4.78, 5) is 15.3. The van der Waals surface area contributed by atoms with E-state index in [1.807, 2.05) is 26.0 Å². The molecule has 5 N–H and O–H groups in total. The summed E-state index contributed by atoms with van der Waals surface area (Å²) in [5.41, 5.74) is 8.98. The number of rotatable bonds is 8. The highest BCUT2D eigenvalue weighted by Crippen LogP contribution is 2.26. The number of hydrogen-bond acceptors (Lipinski definition) is 8. The lowest BCUT2D eigenvalue weighted by Gasteiger charge is -2.23. The predicted molar refractivity (Wildman–Crippen MR) is 143 cm³/mol. The van der Waals surface area contributed by atoms with E-state index in [2.05, 4.69) is 37.0 Å². The van der Waals surface area contributed by atoms with Crippen LogP contribution in [0.1, 0.15) is 36.8 Å². The molecule has 2 aromatic carbocycles. The Hall–Kier alpha value is -3.32. The molecule has 0 aliphatic heterocycles. The molecule has 0 aliphatic carbocycles. The van der Waals surface area contributed by atoms with Crippen molar-refractivity contribution >= 4 is 39.2 Å². The number of benzene rings is 2. The SMILES string of the molecule is CCN(CC)CC(O)CNC(O)c1ccc(C#Cc2c(N)ncc3ccc(Cl)cc23)c2nccnc12. The zero-order valence-electron chi connectivity index (χ0n) is 20.2. The number of nitrogens with two attached hydrogens (primary N) is 1. The summed E-state index contributed by atoms with van der Waals surface area (Å²) in [7, 11) is 0. The number of pyridine rings is 1. The van der Waals surface area contributed by atoms with Gasteiger partial charge in [-0.2, -0.15) is 0 Å². The molecule has 0 saturated heterocycles. The number of anilines is 1. The van der Waals surface area contributed by atoms with Gasteiger partial charge in [0.15, 0.2) is 0 Å². The number of nitrogens with one attached hydrogen (secondary N) is 1. The number of aliphatic hydroxyl groups excluding tert-OH is 2. The molecule has 9 heteroatoms. The second-order valence-electron chi connectivity index (χ2n) is 8.41. The Balaban J connectivity index is 1.63. The van der Waals surface area contributed by atoms with Crippen LogP contribution in [0.2, 0.25) is 5.02 Å². The molecule has 2 heterocycles. The monoisotopic (exact) mass is 504 g/mol. The summed E-state index contributed by atoms with van der Waals surface area (Å²) < 4.78 is 0. The highest BCUT2D eigenvalue weighted by Gasteiger charge is 2.17. The van der Waals surface area contributed by atoms with Crippen LogP contribution in [-0.2, 0) is 0 Å². The van der Waals surface area contributed by atoms with Gasteiger partial charge in [-0.15, -0.1) is 0 Å². The molecule has 186 valence electrons. The van der Waals surface area contributed by atoms with Gasteiger partial charge in [0.1, 0.15) is 17.6 Å². The summed E-state index contributed by atoms with van der Waals surface area (Å²) >= 11 is 6.19. The fourth-order valence-corrected chi connectivity index (χ4v) is 4.23. The van der Waals surface area contributed by atoms with Crippen LogP contribution in [0, 0.1) is 11.8 Å². The van der Waals surface area contributed by atoms with Crippen LogP contribution in [0.4, 0.5) is 5.82 Å². The molecule has 0 radical (unpaired) electrons. The van der Waals surface area contributed by atoms with Crippen LogP contribution in [0.5, 0.6) is 0 Å². The van der Waals surface area contributed by atoms with E-state index in [0.29, 0.717) is 45.1 Å². The summed E-state index contributed by atoms with van der Waals surface area (Å²) in [6, 6.07) is 9.03. The maximum Gasteiger partial charge on any atom is 0.139 e. The van der Waals surface area contributed by atoms with Crippen molar-refractivity contribution in [3.8, 4) is 11.8 Å². The molecular formula is C27H29ClN6O2. The Morgan fingerprint density at radius 2 is 1.78 bits per heavy atom. The smallest absolute Gasteiger partial charge is 0.139 e. The van der Waals surface area contributed by atoms with Gasteiger partial charge in [-0.1, -0.05) is 49.4 Å². The van der Waals surface area contributed by atoms with Crippen molar-refractivity contribution in [3.63, 3.8) is 0 Å². The average Bonchev–Trinajstić information content (AvgIpc) is 2.89. The molecule has 2 aromatic heterocycles. The lowest BCUT2D eigenvalue weighted by Crippen LogP contribution is -2.39. The molecule has 0 bridgehead atoms. The first-order valence-electron chi connectivity index (χ1n) is 11.8.